The molecule has 0 aromatic carbocycles. The molecule has 0 aliphatic heterocycles. The van der Waals surface area contributed by atoms with E-state index in [9.17, 15) is 4.79 Å². The third-order valence-corrected chi connectivity index (χ3v) is 4.04. The van der Waals surface area contributed by atoms with Gasteiger partial charge in [0.1, 0.15) is 0 Å². The molecule has 1 aliphatic carbocycles. The number of nitrogens with two attached hydrogens (primary N) is 1. The lowest BCUT2D eigenvalue weighted by molar-refractivity contribution is -0.142. The Kier molecular flexibility index (Phi) is 4.59. The van der Waals surface area contributed by atoms with Crippen molar-refractivity contribution in [1.29, 1.82) is 0 Å². The van der Waals surface area contributed by atoms with E-state index < -0.39 is 0 Å². The molecule has 1 amide bonds. The van der Waals surface area contributed by atoms with Crippen LogP contribution in [0.4, 0.5) is 0 Å². The number of hydrogen-bond donors (Lipinski definition) is 1. The van der Waals surface area contributed by atoms with Gasteiger partial charge in [-0.3, -0.25) is 4.79 Å². The first-order valence-electron chi connectivity index (χ1n) is 6.76. The van der Waals surface area contributed by atoms with Gasteiger partial charge in [-0.25, -0.2) is 0 Å². The fraction of sp³-hybridized carbons (Fsp3) is 0.929. The van der Waals surface area contributed by atoms with Crippen molar-refractivity contribution in [2.24, 2.45) is 16.6 Å². The van der Waals surface area contributed by atoms with Crippen molar-refractivity contribution in [2.75, 3.05) is 20.1 Å². The average molecular weight is 240 g/mol. The fourth-order valence-corrected chi connectivity index (χ4v) is 2.79. The van der Waals surface area contributed by atoms with E-state index in [2.05, 4.69) is 20.8 Å². The smallest absolute Gasteiger partial charge is 0.228 e. The van der Waals surface area contributed by atoms with E-state index in [4.69, 9.17) is 5.73 Å². The molecule has 0 unspecified atom stereocenters. The van der Waals surface area contributed by atoms with Crippen molar-refractivity contribution in [1.82, 2.24) is 4.90 Å². The molecule has 0 bridgehead atoms. The molecule has 0 radical (unpaired) electrons. The van der Waals surface area contributed by atoms with Gasteiger partial charge in [-0.15, -0.1) is 0 Å². The minimum atomic E-state index is -0.127. The van der Waals surface area contributed by atoms with Gasteiger partial charge in [0.2, 0.25) is 5.91 Å². The predicted molar refractivity (Wildman–Crippen MR) is 71.7 cm³/mol. The lowest BCUT2D eigenvalue weighted by Gasteiger charge is -2.38. The van der Waals surface area contributed by atoms with Gasteiger partial charge < -0.3 is 10.6 Å². The summed E-state index contributed by atoms with van der Waals surface area (Å²) in [7, 11) is 1.92. The molecule has 0 saturated heterocycles. The van der Waals surface area contributed by atoms with Crippen LogP contribution in [0, 0.1) is 10.8 Å². The lowest BCUT2D eigenvalue weighted by atomic mass is 9.74. The average Bonchev–Trinajstić information content (AvgIpc) is 2.28. The summed E-state index contributed by atoms with van der Waals surface area (Å²) in [5.41, 5.74) is 5.61. The van der Waals surface area contributed by atoms with Gasteiger partial charge in [-0.05, 0) is 24.8 Å². The van der Waals surface area contributed by atoms with Crippen molar-refractivity contribution in [3.05, 3.63) is 0 Å². The highest BCUT2D eigenvalue weighted by Gasteiger charge is 2.37. The highest BCUT2D eigenvalue weighted by molar-refractivity contribution is 5.82. The maximum Gasteiger partial charge on any atom is 0.228 e. The summed E-state index contributed by atoms with van der Waals surface area (Å²) in [6.07, 6.45) is 5.74. The van der Waals surface area contributed by atoms with Crippen LogP contribution in [0.15, 0.2) is 0 Å². The van der Waals surface area contributed by atoms with Crippen LogP contribution < -0.4 is 5.73 Å². The van der Waals surface area contributed by atoms with Crippen LogP contribution in [0.5, 0.6) is 0 Å². The first-order valence-corrected chi connectivity index (χ1v) is 6.76. The van der Waals surface area contributed by atoms with E-state index in [0.717, 1.165) is 19.4 Å². The van der Waals surface area contributed by atoms with E-state index >= 15 is 0 Å². The largest absolute Gasteiger partial charge is 0.345 e. The molecule has 1 saturated carbocycles. The highest BCUT2D eigenvalue weighted by atomic mass is 16.2. The molecule has 2 N–H and O–H groups in total. The monoisotopic (exact) mass is 240 g/mol. The second-order valence-corrected chi connectivity index (χ2v) is 6.65. The van der Waals surface area contributed by atoms with Crippen LogP contribution in [-0.2, 0) is 4.79 Å². The molecule has 3 heteroatoms. The zero-order valence-electron chi connectivity index (χ0n) is 11.9. The Morgan fingerprint density at radius 1 is 1.29 bits per heavy atom. The molecule has 1 fully saturated rings. The number of rotatable bonds is 4. The van der Waals surface area contributed by atoms with E-state index in [1.807, 2.05) is 11.9 Å². The van der Waals surface area contributed by atoms with Gasteiger partial charge in [0.15, 0.2) is 0 Å². The van der Waals surface area contributed by atoms with Crippen molar-refractivity contribution in [3.8, 4) is 0 Å². The number of nitrogens with zero attached hydrogens (tertiary/aromatic N) is 1. The van der Waals surface area contributed by atoms with Gasteiger partial charge in [0.25, 0.3) is 0 Å². The van der Waals surface area contributed by atoms with E-state index in [-0.39, 0.29) is 10.8 Å². The van der Waals surface area contributed by atoms with Crippen LogP contribution in [0.1, 0.15) is 52.9 Å². The van der Waals surface area contributed by atoms with Crippen molar-refractivity contribution >= 4 is 5.91 Å². The van der Waals surface area contributed by atoms with E-state index in [1.54, 1.807) is 0 Å². The summed E-state index contributed by atoms with van der Waals surface area (Å²) >= 11 is 0. The van der Waals surface area contributed by atoms with Gasteiger partial charge in [-0.1, -0.05) is 40.0 Å². The lowest BCUT2D eigenvalue weighted by Crippen LogP contribution is -2.46. The molecule has 0 aromatic rings. The SMILES string of the molecule is CN(CC(C)(C)CN)C(=O)C1(C)CCCCC1. The molecule has 0 heterocycles. The van der Waals surface area contributed by atoms with Crippen molar-refractivity contribution in [3.63, 3.8) is 0 Å². The van der Waals surface area contributed by atoms with Gasteiger partial charge in [-0.2, -0.15) is 0 Å². The normalized spacial score (nSPS) is 20.1. The molecular weight excluding hydrogens is 212 g/mol. The van der Waals surface area contributed by atoms with E-state index in [0.29, 0.717) is 12.5 Å². The topological polar surface area (TPSA) is 46.3 Å². The zero-order chi connectivity index (χ0) is 13.1. The molecular formula is C14H28N2O. The summed E-state index contributed by atoms with van der Waals surface area (Å²) in [6, 6.07) is 0. The summed E-state index contributed by atoms with van der Waals surface area (Å²) in [5, 5.41) is 0. The summed E-state index contributed by atoms with van der Waals surface area (Å²) in [5.74, 6) is 0.304. The van der Waals surface area contributed by atoms with Crippen LogP contribution in [0.2, 0.25) is 0 Å². The third kappa shape index (κ3) is 3.70. The number of hydrogen-bond acceptors (Lipinski definition) is 2. The minimum Gasteiger partial charge on any atom is -0.345 e. The highest BCUT2D eigenvalue weighted by Crippen LogP contribution is 2.37. The van der Waals surface area contributed by atoms with Gasteiger partial charge in [0, 0.05) is 19.0 Å². The number of carbonyl (C=O) groups excluding carboxylic acids is 1. The molecule has 1 rings (SSSR count). The Morgan fingerprint density at radius 3 is 2.29 bits per heavy atom. The molecule has 3 nitrogen and oxygen atoms in total. The fourth-order valence-electron chi connectivity index (χ4n) is 2.79. The van der Waals surface area contributed by atoms with Crippen LogP contribution in [0.25, 0.3) is 0 Å². The summed E-state index contributed by atoms with van der Waals surface area (Å²) < 4.78 is 0. The van der Waals surface area contributed by atoms with Crippen LogP contribution >= 0.6 is 0 Å². The predicted octanol–water partition coefficient (Wildman–Crippen LogP) is 2.40. The number of amides is 1. The van der Waals surface area contributed by atoms with Gasteiger partial charge >= 0.3 is 0 Å². The molecule has 17 heavy (non-hydrogen) atoms. The Balaban J connectivity index is 2.62. The second kappa shape index (κ2) is 5.38. The Morgan fingerprint density at radius 2 is 1.82 bits per heavy atom. The Labute approximate surface area is 106 Å². The summed E-state index contributed by atoms with van der Waals surface area (Å²) in [6.45, 7) is 7.71. The zero-order valence-corrected chi connectivity index (χ0v) is 11.9. The van der Waals surface area contributed by atoms with Gasteiger partial charge in [0.05, 0.1) is 0 Å². The molecule has 0 spiro atoms. The molecule has 0 aromatic heterocycles. The van der Waals surface area contributed by atoms with Crippen molar-refractivity contribution < 1.29 is 4.79 Å². The maximum absolute atomic E-state index is 12.5. The third-order valence-electron chi connectivity index (χ3n) is 4.04. The first kappa shape index (κ1) is 14.5. The minimum absolute atomic E-state index is 0.00936. The quantitative estimate of drug-likeness (QED) is 0.820. The molecule has 1 aliphatic rings. The number of carbonyl (C=O) groups is 1. The first-order chi connectivity index (χ1) is 7.81. The van der Waals surface area contributed by atoms with E-state index in [1.165, 1.54) is 19.3 Å². The van der Waals surface area contributed by atoms with Crippen LogP contribution in [0.3, 0.4) is 0 Å². The standard InChI is InChI=1S/C14H28N2O/c1-13(2,10-15)11-16(4)12(17)14(3)8-6-5-7-9-14/h5-11,15H2,1-4H3. The maximum atomic E-state index is 12.5. The summed E-state index contributed by atoms with van der Waals surface area (Å²) in [4.78, 5) is 14.4. The Bertz CT molecular complexity index is 267. The van der Waals surface area contributed by atoms with Crippen LogP contribution in [-0.4, -0.2) is 30.9 Å². The second-order valence-electron chi connectivity index (χ2n) is 6.65. The van der Waals surface area contributed by atoms with Crippen molar-refractivity contribution in [2.45, 2.75) is 52.9 Å². The molecule has 100 valence electrons. The Hall–Kier alpha value is -0.570. The molecule has 0 atom stereocenters.